The number of amides is 1. The Bertz CT molecular complexity index is 1310. The summed E-state index contributed by atoms with van der Waals surface area (Å²) in [6.07, 6.45) is 1.47. The fourth-order valence-electron chi connectivity index (χ4n) is 5.06. The van der Waals surface area contributed by atoms with Gasteiger partial charge in [0.05, 0.1) is 50.0 Å². The highest BCUT2D eigenvalue weighted by Gasteiger charge is 2.70. The molecule has 9 nitrogen and oxygen atoms in total. The third-order valence-corrected chi connectivity index (χ3v) is 6.86. The molecule has 2 aliphatic heterocycles. The molecule has 2 saturated heterocycles. The molecule has 1 aliphatic carbocycles. The van der Waals surface area contributed by atoms with Crippen LogP contribution in [-0.2, 0) is 21.4 Å². The zero-order valence-corrected chi connectivity index (χ0v) is 17.8. The monoisotopic (exact) mass is 464 g/mol. The number of halogens is 2. The van der Waals surface area contributed by atoms with Crippen LogP contribution in [0.4, 0.5) is 19.3 Å². The van der Waals surface area contributed by atoms with Crippen LogP contribution in [-0.4, -0.2) is 51.9 Å². The van der Waals surface area contributed by atoms with Gasteiger partial charge in [-0.1, -0.05) is 16.4 Å². The van der Waals surface area contributed by atoms with Gasteiger partial charge in [-0.3, -0.25) is 9.88 Å². The van der Waals surface area contributed by atoms with Gasteiger partial charge < -0.3 is 9.47 Å². The molecule has 3 fully saturated rings. The SMILES string of the molecule is N#CC1(c2ccc(-c3ccc(N4C[C@H](Cn5cc(F)nn5)OC4=O)cc3F)cn2)[C@@H]2COC[C@@H]21. The van der Waals surface area contributed by atoms with Crippen molar-refractivity contribution >= 4 is 11.8 Å². The molecule has 1 saturated carbocycles. The molecule has 3 aliphatic rings. The van der Waals surface area contributed by atoms with E-state index in [0.717, 1.165) is 6.20 Å². The van der Waals surface area contributed by atoms with E-state index < -0.39 is 29.4 Å². The van der Waals surface area contributed by atoms with Gasteiger partial charge in [-0.25, -0.2) is 13.9 Å². The molecule has 2 aromatic heterocycles. The smallest absolute Gasteiger partial charge is 0.414 e. The first kappa shape index (κ1) is 20.7. The number of nitriles is 1. The van der Waals surface area contributed by atoms with Crippen LogP contribution in [0.1, 0.15) is 5.69 Å². The number of anilines is 1. The highest BCUT2D eigenvalue weighted by molar-refractivity contribution is 5.90. The summed E-state index contributed by atoms with van der Waals surface area (Å²) in [6, 6.07) is 10.4. The van der Waals surface area contributed by atoms with E-state index >= 15 is 4.39 Å². The Hall–Kier alpha value is -3.91. The number of carbonyl (C=O) groups excluding carboxylic acids is 1. The van der Waals surface area contributed by atoms with Gasteiger partial charge in [0, 0.05) is 29.2 Å². The molecule has 11 heteroatoms. The van der Waals surface area contributed by atoms with Crippen LogP contribution in [0.5, 0.6) is 0 Å². The molecule has 4 heterocycles. The topological polar surface area (TPSA) is 106 Å². The van der Waals surface area contributed by atoms with E-state index in [9.17, 15) is 14.4 Å². The van der Waals surface area contributed by atoms with Crippen LogP contribution in [0.2, 0.25) is 0 Å². The second kappa shape index (κ2) is 7.56. The molecule has 0 bridgehead atoms. The highest BCUT2D eigenvalue weighted by atomic mass is 19.1. The minimum atomic E-state index is -0.724. The normalized spacial score (nSPS) is 27.4. The van der Waals surface area contributed by atoms with Crippen LogP contribution < -0.4 is 4.90 Å². The van der Waals surface area contributed by atoms with Crippen molar-refractivity contribution in [3.63, 3.8) is 0 Å². The quantitative estimate of drug-likeness (QED) is 0.572. The number of rotatable bonds is 5. The zero-order valence-electron chi connectivity index (χ0n) is 17.8. The predicted molar refractivity (Wildman–Crippen MR) is 112 cm³/mol. The van der Waals surface area contributed by atoms with E-state index in [0.29, 0.717) is 35.7 Å². The summed E-state index contributed by atoms with van der Waals surface area (Å²) in [5.74, 6) is -0.912. The standard InChI is InChI=1S/C23H18F2N6O3/c24-19-5-14(31-8-15(34-22(31)32)7-30-9-21(25)28-29-30)2-3-16(19)13-1-4-20(27-6-13)23(12-26)17-10-33-11-18(17)23/h1-6,9,15,17-18H,7-8,10-11H2/t15-,17-,18+,23?/m0/s1. The van der Waals surface area contributed by atoms with Gasteiger partial charge in [0.15, 0.2) is 0 Å². The molecule has 34 heavy (non-hydrogen) atoms. The maximum atomic E-state index is 15.0. The average molecular weight is 464 g/mol. The number of benzene rings is 1. The first-order valence-electron chi connectivity index (χ1n) is 10.8. The van der Waals surface area contributed by atoms with Crippen molar-refractivity contribution in [3.05, 3.63) is 60.2 Å². The molecule has 0 radical (unpaired) electrons. The number of carbonyl (C=O) groups is 1. The Morgan fingerprint density at radius 2 is 2.03 bits per heavy atom. The van der Waals surface area contributed by atoms with Gasteiger partial charge in [0.2, 0.25) is 0 Å². The molecule has 1 aromatic carbocycles. The summed E-state index contributed by atoms with van der Waals surface area (Å²) in [4.78, 5) is 18.1. The number of aromatic nitrogens is 4. The Morgan fingerprint density at radius 3 is 2.68 bits per heavy atom. The van der Waals surface area contributed by atoms with Crippen molar-refractivity contribution < 1.29 is 23.0 Å². The minimum absolute atomic E-state index is 0.135. The van der Waals surface area contributed by atoms with Crippen LogP contribution in [0, 0.1) is 34.9 Å². The number of hydrogen-bond donors (Lipinski definition) is 0. The van der Waals surface area contributed by atoms with E-state index in [1.165, 1.54) is 15.6 Å². The molecule has 0 spiro atoms. The summed E-state index contributed by atoms with van der Waals surface area (Å²) in [5.41, 5.74) is 1.32. The minimum Gasteiger partial charge on any atom is -0.442 e. The van der Waals surface area contributed by atoms with E-state index in [2.05, 4.69) is 21.4 Å². The summed E-state index contributed by atoms with van der Waals surface area (Å²) in [7, 11) is 0. The largest absolute Gasteiger partial charge is 0.442 e. The van der Waals surface area contributed by atoms with Gasteiger partial charge >= 0.3 is 6.09 Å². The summed E-state index contributed by atoms with van der Waals surface area (Å²) < 4.78 is 40.0. The molecule has 0 N–H and O–H groups in total. The highest BCUT2D eigenvalue weighted by Crippen LogP contribution is 2.62. The molecular formula is C23H18F2N6O3. The van der Waals surface area contributed by atoms with Crippen molar-refractivity contribution in [3.8, 4) is 17.2 Å². The number of nitrogens with zero attached hydrogens (tertiary/aromatic N) is 6. The van der Waals surface area contributed by atoms with Crippen LogP contribution in [0.3, 0.4) is 0 Å². The predicted octanol–water partition coefficient (Wildman–Crippen LogP) is 2.68. The van der Waals surface area contributed by atoms with Gasteiger partial charge in [-0.05, 0) is 24.3 Å². The lowest BCUT2D eigenvalue weighted by Gasteiger charge is -2.15. The number of cyclic esters (lactones) is 1. The van der Waals surface area contributed by atoms with Crippen LogP contribution in [0.15, 0.2) is 42.7 Å². The molecular weight excluding hydrogens is 446 g/mol. The molecule has 3 aromatic rings. The second-order valence-corrected chi connectivity index (χ2v) is 8.71. The first-order valence-corrected chi connectivity index (χ1v) is 10.8. The first-order chi connectivity index (χ1) is 16.5. The van der Waals surface area contributed by atoms with Gasteiger partial charge in [-0.15, -0.1) is 0 Å². The lowest BCUT2D eigenvalue weighted by molar-refractivity contribution is 0.129. The van der Waals surface area contributed by atoms with E-state index in [1.807, 2.05) is 0 Å². The number of hydrogen-bond acceptors (Lipinski definition) is 7. The lowest BCUT2D eigenvalue weighted by Crippen LogP contribution is -2.26. The molecule has 1 amide bonds. The summed E-state index contributed by atoms with van der Waals surface area (Å²) in [6.45, 7) is 1.42. The Balaban J connectivity index is 1.19. The average Bonchev–Trinajstić information content (AvgIpc) is 3.29. The maximum Gasteiger partial charge on any atom is 0.414 e. The van der Waals surface area contributed by atoms with E-state index in [1.54, 1.807) is 30.5 Å². The number of pyridine rings is 1. The van der Waals surface area contributed by atoms with E-state index in [-0.39, 0.29) is 24.9 Å². The van der Waals surface area contributed by atoms with Gasteiger partial charge in [0.25, 0.3) is 5.95 Å². The Kier molecular flexibility index (Phi) is 4.60. The lowest BCUT2D eigenvalue weighted by atomic mass is 9.96. The number of ether oxygens (including phenoxy) is 2. The van der Waals surface area contributed by atoms with Gasteiger partial charge in [0.1, 0.15) is 17.3 Å². The second-order valence-electron chi connectivity index (χ2n) is 8.71. The fourth-order valence-corrected chi connectivity index (χ4v) is 5.06. The zero-order chi connectivity index (χ0) is 23.4. The van der Waals surface area contributed by atoms with Gasteiger partial charge in [-0.2, -0.15) is 9.65 Å². The van der Waals surface area contributed by atoms with Crippen LogP contribution >= 0.6 is 0 Å². The van der Waals surface area contributed by atoms with Crippen molar-refractivity contribution in [1.82, 2.24) is 20.0 Å². The van der Waals surface area contributed by atoms with Crippen molar-refractivity contribution in [2.45, 2.75) is 18.1 Å². The number of fused-ring (bicyclic) bond motifs is 1. The summed E-state index contributed by atoms with van der Waals surface area (Å²) in [5, 5.41) is 16.6. The molecule has 4 atom stereocenters. The van der Waals surface area contributed by atoms with Crippen molar-refractivity contribution in [2.24, 2.45) is 11.8 Å². The Labute approximate surface area is 192 Å². The molecule has 172 valence electrons. The van der Waals surface area contributed by atoms with E-state index in [4.69, 9.17) is 9.47 Å². The van der Waals surface area contributed by atoms with Crippen molar-refractivity contribution in [2.75, 3.05) is 24.7 Å². The molecule has 6 rings (SSSR count). The Morgan fingerprint density at radius 1 is 1.21 bits per heavy atom. The molecule has 1 unspecified atom stereocenters. The maximum absolute atomic E-state index is 15.0. The van der Waals surface area contributed by atoms with Crippen molar-refractivity contribution in [1.29, 1.82) is 5.26 Å². The fraction of sp³-hybridized carbons (Fsp3) is 0.348. The third kappa shape index (κ3) is 3.13. The third-order valence-electron chi connectivity index (χ3n) is 6.86. The summed E-state index contributed by atoms with van der Waals surface area (Å²) >= 11 is 0. The van der Waals surface area contributed by atoms with Crippen LogP contribution in [0.25, 0.3) is 11.1 Å².